The normalized spacial score (nSPS) is 17.6. The summed E-state index contributed by atoms with van der Waals surface area (Å²) in [5, 5.41) is 0. The Labute approximate surface area is 185 Å². The molecule has 2 aliphatic rings. The fourth-order valence-corrected chi connectivity index (χ4v) is 4.29. The van der Waals surface area contributed by atoms with E-state index in [0.717, 1.165) is 24.9 Å². The Morgan fingerprint density at radius 2 is 1.84 bits per heavy atom. The highest BCUT2D eigenvalue weighted by Crippen LogP contribution is 2.31. The van der Waals surface area contributed by atoms with Crippen molar-refractivity contribution in [2.24, 2.45) is 11.3 Å². The Morgan fingerprint density at radius 3 is 2.39 bits per heavy atom. The van der Waals surface area contributed by atoms with Crippen molar-refractivity contribution in [3.63, 3.8) is 0 Å². The van der Waals surface area contributed by atoms with Gasteiger partial charge in [0.1, 0.15) is 25.5 Å². The van der Waals surface area contributed by atoms with Gasteiger partial charge in [0.05, 0.1) is 7.11 Å². The summed E-state index contributed by atoms with van der Waals surface area (Å²) in [5.41, 5.74) is 0.896. The third-order valence-electron chi connectivity index (χ3n) is 5.77. The number of rotatable bonds is 8. The molecule has 170 valence electrons. The van der Waals surface area contributed by atoms with Crippen LogP contribution in [-0.2, 0) is 14.4 Å². The van der Waals surface area contributed by atoms with Gasteiger partial charge in [0.25, 0.3) is 0 Å². The first-order chi connectivity index (χ1) is 14.6. The lowest BCUT2D eigenvalue weighted by Crippen LogP contribution is -2.44. The molecule has 1 aromatic rings. The molecule has 1 heterocycles. The van der Waals surface area contributed by atoms with E-state index >= 15 is 0 Å². The molecule has 1 aliphatic heterocycles. The van der Waals surface area contributed by atoms with E-state index in [9.17, 15) is 14.4 Å². The second-order valence-electron chi connectivity index (χ2n) is 10.1. The van der Waals surface area contributed by atoms with Crippen molar-refractivity contribution >= 4 is 23.4 Å². The number of carbonyl (C=O) groups is 3. The molecule has 2 fully saturated rings. The molecular weight excluding hydrogens is 394 g/mol. The minimum absolute atomic E-state index is 0.0397. The van der Waals surface area contributed by atoms with Crippen molar-refractivity contribution in [2.45, 2.75) is 59.4 Å². The molecule has 0 bridgehead atoms. The van der Waals surface area contributed by atoms with Gasteiger partial charge in [-0.15, -0.1) is 0 Å². The largest absolute Gasteiger partial charge is 0.497 e. The first-order valence-electron chi connectivity index (χ1n) is 11.1. The second-order valence-corrected chi connectivity index (χ2v) is 10.1. The van der Waals surface area contributed by atoms with Gasteiger partial charge in [-0.1, -0.05) is 27.7 Å². The SMILES string of the molecule is COc1ccc(N2CN(C(=O)CN(C(=O)C[C@H](C)CC(C)(C)C)C3CC3)CC2=O)cc1. The van der Waals surface area contributed by atoms with Crippen molar-refractivity contribution in [2.75, 3.05) is 31.8 Å². The Morgan fingerprint density at radius 1 is 1.19 bits per heavy atom. The van der Waals surface area contributed by atoms with Crippen LogP contribution in [0.3, 0.4) is 0 Å². The quantitative estimate of drug-likeness (QED) is 0.636. The monoisotopic (exact) mass is 429 g/mol. The maximum Gasteiger partial charge on any atom is 0.248 e. The topological polar surface area (TPSA) is 70.2 Å². The molecule has 3 amide bonds. The van der Waals surface area contributed by atoms with Crippen LogP contribution >= 0.6 is 0 Å². The predicted molar refractivity (Wildman–Crippen MR) is 120 cm³/mol. The number of ether oxygens (including phenoxy) is 1. The summed E-state index contributed by atoms with van der Waals surface area (Å²) in [7, 11) is 1.59. The third-order valence-corrected chi connectivity index (χ3v) is 5.77. The van der Waals surface area contributed by atoms with Gasteiger partial charge in [-0.25, -0.2) is 0 Å². The van der Waals surface area contributed by atoms with Crippen LogP contribution in [0.15, 0.2) is 24.3 Å². The van der Waals surface area contributed by atoms with E-state index in [0.29, 0.717) is 12.2 Å². The summed E-state index contributed by atoms with van der Waals surface area (Å²) < 4.78 is 5.16. The molecule has 0 aromatic heterocycles. The van der Waals surface area contributed by atoms with Crippen molar-refractivity contribution in [1.29, 1.82) is 0 Å². The molecule has 0 radical (unpaired) electrons. The van der Waals surface area contributed by atoms with Crippen molar-refractivity contribution in [3.05, 3.63) is 24.3 Å². The van der Waals surface area contributed by atoms with Gasteiger partial charge >= 0.3 is 0 Å². The van der Waals surface area contributed by atoms with E-state index in [4.69, 9.17) is 4.74 Å². The highest BCUT2D eigenvalue weighted by atomic mass is 16.5. The summed E-state index contributed by atoms with van der Waals surface area (Å²) in [5.74, 6) is 0.727. The summed E-state index contributed by atoms with van der Waals surface area (Å²) in [6, 6.07) is 7.36. The second kappa shape index (κ2) is 9.28. The maximum absolute atomic E-state index is 13.0. The Kier molecular flexibility index (Phi) is 6.92. The Bertz CT molecular complexity index is 811. The molecule has 1 saturated heterocycles. The minimum Gasteiger partial charge on any atom is -0.497 e. The number of nitrogens with zero attached hydrogens (tertiary/aromatic N) is 3. The minimum atomic E-state index is -0.173. The van der Waals surface area contributed by atoms with Gasteiger partial charge in [-0.05, 0) is 54.9 Å². The van der Waals surface area contributed by atoms with Crippen LogP contribution in [0.1, 0.15) is 53.4 Å². The van der Waals surface area contributed by atoms with Crippen LogP contribution in [0.2, 0.25) is 0 Å². The van der Waals surface area contributed by atoms with E-state index < -0.39 is 0 Å². The molecule has 7 heteroatoms. The zero-order chi connectivity index (χ0) is 22.8. The van der Waals surface area contributed by atoms with Crippen molar-refractivity contribution < 1.29 is 19.1 Å². The molecule has 1 saturated carbocycles. The number of anilines is 1. The van der Waals surface area contributed by atoms with Crippen molar-refractivity contribution in [3.8, 4) is 5.75 Å². The molecular formula is C24H35N3O4. The molecule has 3 rings (SSSR count). The number of methoxy groups -OCH3 is 1. The fourth-order valence-electron chi connectivity index (χ4n) is 4.29. The number of amides is 3. The lowest BCUT2D eigenvalue weighted by atomic mass is 9.84. The first-order valence-corrected chi connectivity index (χ1v) is 11.1. The van der Waals surface area contributed by atoms with Gasteiger partial charge < -0.3 is 14.5 Å². The third kappa shape index (κ3) is 6.21. The van der Waals surface area contributed by atoms with Crippen LogP contribution in [0.25, 0.3) is 0 Å². The molecule has 0 N–H and O–H groups in total. The molecule has 0 spiro atoms. The van der Waals surface area contributed by atoms with Gasteiger partial charge in [0.2, 0.25) is 17.7 Å². The Balaban J connectivity index is 1.59. The van der Waals surface area contributed by atoms with Crippen LogP contribution < -0.4 is 9.64 Å². The van der Waals surface area contributed by atoms with Crippen LogP contribution in [0.4, 0.5) is 5.69 Å². The van der Waals surface area contributed by atoms with E-state index in [1.165, 1.54) is 4.90 Å². The highest BCUT2D eigenvalue weighted by molar-refractivity contribution is 6.00. The van der Waals surface area contributed by atoms with Crippen LogP contribution in [0.5, 0.6) is 5.75 Å². The summed E-state index contributed by atoms with van der Waals surface area (Å²) in [4.78, 5) is 43.3. The zero-order valence-corrected chi connectivity index (χ0v) is 19.4. The van der Waals surface area contributed by atoms with E-state index in [1.54, 1.807) is 41.2 Å². The van der Waals surface area contributed by atoms with Crippen molar-refractivity contribution in [1.82, 2.24) is 9.80 Å². The van der Waals surface area contributed by atoms with Crippen LogP contribution in [-0.4, -0.2) is 60.4 Å². The number of carbonyl (C=O) groups excluding carboxylic acids is 3. The molecule has 7 nitrogen and oxygen atoms in total. The van der Waals surface area contributed by atoms with E-state index in [-0.39, 0.29) is 54.9 Å². The molecule has 0 unspecified atom stereocenters. The fraction of sp³-hybridized carbons (Fsp3) is 0.625. The molecule has 1 aromatic carbocycles. The van der Waals surface area contributed by atoms with Gasteiger partial charge in [-0.2, -0.15) is 0 Å². The average molecular weight is 430 g/mol. The summed E-state index contributed by atoms with van der Waals surface area (Å²) in [6.45, 7) is 8.92. The molecule has 1 aliphatic carbocycles. The number of hydrogen-bond acceptors (Lipinski definition) is 4. The lowest BCUT2D eigenvalue weighted by molar-refractivity contribution is -0.141. The highest BCUT2D eigenvalue weighted by Gasteiger charge is 2.38. The number of hydrogen-bond donors (Lipinski definition) is 0. The van der Waals surface area contributed by atoms with Gasteiger partial charge in [0.15, 0.2) is 0 Å². The number of benzene rings is 1. The van der Waals surface area contributed by atoms with Gasteiger partial charge in [0, 0.05) is 18.2 Å². The predicted octanol–water partition coefficient (Wildman–Crippen LogP) is 3.28. The van der Waals surface area contributed by atoms with E-state index in [2.05, 4.69) is 27.7 Å². The summed E-state index contributed by atoms with van der Waals surface area (Å²) in [6.07, 6.45) is 3.31. The zero-order valence-electron chi connectivity index (χ0n) is 19.4. The maximum atomic E-state index is 13.0. The van der Waals surface area contributed by atoms with Crippen LogP contribution in [0, 0.1) is 11.3 Å². The first kappa shape index (κ1) is 23.1. The average Bonchev–Trinajstić information content (AvgIpc) is 3.45. The Hall–Kier alpha value is -2.57. The molecule has 31 heavy (non-hydrogen) atoms. The van der Waals surface area contributed by atoms with Gasteiger partial charge in [-0.3, -0.25) is 19.3 Å². The smallest absolute Gasteiger partial charge is 0.248 e. The standard InChI is InChI=1S/C24H35N3O4/c1-17(13-24(2,3)4)12-21(28)26(18-6-7-18)15-22(29)25-14-23(30)27(16-25)19-8-10-20(31-5)11-9-19/h8-11,17-18H,6-7,12-16H2,1-5H3/t17-/m0/s1. The summed E-state index contributed by atoms with van der Waals surface area (Å²) >= 11 is 0. The lowest BCUT2D eigenvalue weighted by Gasteiger charge is -2.28. The molecule has 1 atom stereocenters. The van der Waals surface area contributed by atoms with E-state index in [1.807, 2.05) is 0 Å².